The minimum Gasteiger partial charge on any atom is -0.496 e. The van der Waals surface area contributed by atoms with Crippen molar-refractivity contribution in [3.63, 3.8) is 0 Å². The molecular formula is C60H78N8O8. The second-order valence-corrected chi connectivity index (χ2v) is 19.9. The number of carbonyl (C=O) groups excluding carboxylic acids is 3. The number of aryl methyl sites for hydroxylation is 2. The first-order valence-electron chi connectivity index (χ1n) is 25.9. The maximum Gasteiger partial charge on any atom is 0.410 e. The van der Waals surface area contributed by atoms with E-state index in [0.717, 1.165) is 89.1 Å². The molecule has 76 heavy (non-hydrogen) atoms. The molecule has 0 radical (unpaired) electrons. The number of pyridine rings is 2. The van der Waals surface area contributed by atoms with Crippen LogP contribution < -0.4 is 25.9 Å². The molecule has 2 aliphatic rings. The molecule has 0 spiro atoms. The Balaban J connectivity index is 0.000000249. The molecule has 16 nitrogen and oxygen atoms in total. The van der Waals surface area contributed by atoms with E-state index in [1.807, 2.05) is 84.4 Å². The van der Waals surface area contributed by atoms with Crippen molar-refractivity contribution < 1.29 is 28.6 Å². The van der Waals surface area contributed by atoms with E-state index in [1.54, 1.807) is 43.5 Å². The minimum atomic E-state index is -0.284. The summed E-state index contributed by atoms with van der Waals surface area (Å²) >= 11 is 0. The van der Waals surface area contributed by atoms with Gasteiger partial charge in [0.05, 0.1) is 36.4 Å². The van der Waals surface area contributed by atoms with Gasteiger partial charge in [-0.2, -0.15) is 10.2 Å². The summed E-state index contributed by atoms with van der Waals surface area (Å²) in [6, 6.07) is 20.9. The molecule has 2 atom stereocenters. The van der Waals surface area contributed by atoms with Gasteiger partial charge in [0.2, 0.25) is 0 Å². The van der Waals surface area contributed by atoms with Gasteiger partial charge in [-0.25, -0.2) is 13.8 Å². The largest absolute Gasteiger partial charge is 0.496 e. The Morgan fingerprint density at radius 1 is 0.645 bits per heavy atom. The molecule has 1 amide bonds. The number of nitrogens with zero attached hydrogens (tertiary/aromatic N) is 5. The second-order valence-electron chi connectivity index (χ2n) is 19.9. The van der Waals surface area contributed by atoms with E-state index >= 15 is 0 Å². The zero-order valence-corrected chi connectivity index (χ0v) is 44.0. The van der Waals surface area contributed by atoms with Crippen LogP contribution in [0, 0.1) is 39.5 Å². The number of likely N-dealkylation sites (tertiary alicyclic amines) is 1. The van der Waals surface area contributed by atoms with Gasteiger partial charge in [0, 0.05) is 84.1 Å². The number of hydrogen-bond donors (Lipinski definition) is 3. The van der Waals surface area contributed by atoms with Gasteiger partial charge in [0.15, 0.2) is 11.6 Å². The van der Waals surface area contributed by atoms with Crippen molar-refractivity contribution in [1.29, 1.82) is 0 Å². The minimum absolute atomic E-state index is 0. The average molecular weight is 1040 g/mol. The number of amides is 1. The second kappa shape index (κ2) is 25.9. The number of ketones is 2. The molecule has 2 aliphatic heterocycles. The van der Waals surface area contributed by atoms with Gasteiger partial charge in [-0.15, -0.1) is 0 Å². The SMILES string of the molecule is C.C.COc1cc(C)[nH]c(=O)c1CCC(=O)c1c(C)c(C(C)C2CCN(C(=O)OCc3ccccc3)CC2)n2ncccc12.COc1cc(C)[nH]c(=O)c1CCC(=O)c1c(C)c(C(C)C2CCNCC2)n2ncccc12. The van der Waals surface area contributed by atoms with E-state index in [1.165, 1.54) is 7.11 Å². The first kappa shape index (κ1) is 57.9. The molecule has 3 N–H and O–H groups in total. The third-order valence-electron chi connectivity index (χ3n) is 15.3. The predicted octanol–water partition coefficient (Wildman–Crippen LogP) is 10.5. The molecule has 2 saturated heterocycles. The van der Waals surface area contributed by atoms with Crippen LogP contribution >= 0.6 is 0 Å². The predicted molar refractivity (Wildman–Crippen MR) is 299 cm³/mol. The molecule has 9 rings (SSSR count). The van der Waals surface area contributed by atoms with Crippen LogP contribution in [-0.2, 0) is 24.2 Å². The Morgan fingerprint density at radius 3 is 1.54 bits per heavy atom. The van der Waals surface area contributed by atoms with Crippen LogP contribution in [0.15, 0.2) is 88.7 Å². The summed E-state index contributed by atoms with van der Waals surface area (Å²) in [6.45, 7) is 15.6. The molecule has 0 aliphatic carbocycles. The van der Waals surface area contributed by atoms with E-state index in [-0.39, 0.29) is 75.4 Å². The number of benzene rings is 1. The number of carbonyl (C=O) groups is 3. The number of rotatable bonds is 16. The lowest BCUT2D eigenvalue weighted by Crippen LogP contribution is -2.40. The molecule has 1 aromatic carbocycles. The van der Waals surface area contributed by atoms with Crippen LogP contribution in [-0.4, -0.2) is 92.2 Å². The van der Waals surface area contributed by atoms with E-state index in [2.05, 4.69) is 39.3 Å². The molecule has 16 heteroatoms. The van der Waals surface area contributed by atoms with Crippen molar-refractivity contribution in [3.05, 3.63) is 162 Å². The normalized spacial score (nSPS) is 14.7. The van der Waals surface area contributed by atoms with Crippen molar-refractivity contribution >= 4 is 28.7 Å². The van der Waals surface area contributed by atoms with Crippen LogP contribution in [0.1, 0.15) is 150 Å². The molecule has 7 aromatic rings. The Labute approximate surface area is 446 Å². The number of piperidine rings is 2. The zero-order chi connectivity index (χ0) is 52.6. The van der Waals surface area contributed by atoms with Crippen molar-refractivity contribution in [1.82, 2.24) is 39.4 Å². The Morgan fingerprint density at radius 2 is 1.09 bits per heavy atom. The molecule has 2 fully saturated rings. The van der Waals surface area contributed by atoms with Crippen LogP contribution in [0.25, 0.3) is 11.0 Å². The van der Waals surface area contributed by atoms with E-state index < -0.39 is 0 Å². The molecule has 0 saturated carbocycles. The number of ether oxygens (including phenoxy) is 3. The van der Waals surface area contributed by atoms with Gasteiger partial charge in [0.25, 0.3) is 11.1 Å². The molecular weight excluding hydrogens is 961 g/mol. The highest BCUT2D eigenvalue weighted by Gasteiger charge is 2.33. The molecule has 8 heterocycles. The van der Waals surface area contributed by atoms with Crippen LogP contribution in [0.2, 0.25) is 0 Å². The van der Waals surface area contributed by atoms with Crippen molar-refractivity contribution in [3.8, 4) is 11.5 Å². The first-order valence-corrected chi connectivity index (χ1v) is 25.9. The number of Topliss-reactive ketones (excluding diaryl/α,β-unsaturated/α-hetero) is 2. The summed E-state index contributed by atoms with van der Waals surface area (Å²) in [5, 5.41) is 12.7. The fraction of sp³-hybridized carbons (Fsp3) is 0.450. The fourth-order valence-electron chi connectivity index (χ4n) is 11.4. The first-order chi connectivity index (χ1) is 35.7. The van der Waals surface area contributed by atoms with Crippen LogP contribution in [0.3, 0.4) is 0 Å². The van der Waals surface area contributed by atoms with Gasteiger partial charge >= 0.3 is 6.09 Å². The Kier molecular flexibility index (Phi) is 19.8. The third kappa shape index (κ3) is 12.5. The number of fused-ring (bicyclic) bond motifs is 2. The van der Waals surface area contributed by atoms with Crippen molar-refractivity contribution in [2.75, 3.05) is 40.4 Å². The Bertz CT molecular complexity index is 3250. The number of aromatic nitrogens is 6. The van der Waals surface area contributed by atoms with Gasteiger partial charge in [0.1, 0.15) is 18.1 Å². The fourth-order valence-corrected chi connectivity index (χ4v) is 11.4. The maximum atomic E-state index is 13.7. The molecule has 406 valence electrons. The van der Waals surface area contributed by atoms with Gasteiger partial charge in [-0.3, -0.25) is 19.2 Å². The lowest BCUT2D eigenvalue weighted by atomic mass is 9.82. The van der Waals surface area contributed by atoms with Crippen LogP contribution in [0.4, 0.5) is 4.79 Å². The lowest BCUT2D eigenvalue weighted by Gasteiger charge is -2.34. The standard InChI is InChI=1S/C33H38N4O5.C25H32N4O3.2CH4/c1-21-19-29(41-4)26(32(39)35-21)12-13-28(38)30-23(3)31(37-27(30)11-8-16-34-37)22(2)25-14-17-36(18-15-25)33(40)42-20-24-9-6-5-7-10-24;1-15-14-22(32-4)19(25(31)28-15)7-8-21(30)23-17(3)24(29-20(23)6-5-11-27-29)16(2)18-9-12-26-13-10-18;;/h5-11,16,19,22,25H,12-15,17-18,20H2,1-4H3,(H,35,39);5-6,11,14,16,18,26H,7-10,12-13H2,1-4H3,(H,28,31);2*1H4. The number of methoxy groups -OCH3 is 2. The quantitative estimate of drug-likeness (QED) is 0.0780. The molecule has 2 unspecified atom stereocenters. The summed E-state index contributed by atoms with van der Waals surface area (Å²) in [5.74, 6) is 2.33. The van der Waals surface area contributed by atoms with Crippen molar-refractivity contribution in [2.45, 2.75) is 126 Å². The molecule has 0 bridgehead atoms. The highest BCUT2D eigenvalue weighted by Crippen LogP contribution is 2.39. The summed E-state index contributed by atoms with van der Waals surface area (Å²) in [6.07, 6.45) is 8.16. The summed E-state index contributed by atoms with van der Waals surface area (Å²) < 4.78 is 20.2. The number of hydrogen-bond acceptors (Lipinski definition) is 11. The smallest absolute Gasteiger partial charge is 0.410 e. The summed E-state index contributed by atoms with van der Waals surface area (Å²) in [7, 11) is 3.08. The summed E-state index contributed by atoms with van der Waals surface area (Å²) in [4.78, 5) is 72.2. The zero-order valence-electron chi connectivity index (χ0n) is 44.0. The highest BCUT2D eigenvalue weighted by molar-refractivity contribution is 6.05. The monoisotopic (exact) mass is 1040 g/mol. The summed E-state index contributed by atoms with van der Waals surface area (Å²) in [5.41, 5.74) is 10.0. The number of H-pyrrole nitrogens is 2. The molecule has 6 aromatic heterocycles. The van der Waals surface area contributed by atoms with Gasteiger partial charge < -0.3 is 34.4 Å². The number of aromatic amines is 2. The third-order valence-corrected chi connectivity index (χ3v) is 15.3. The van der Waals surface area contributed by atoms with Gasteiger partial charge in [-0.05, 0) is 144 Å². The topological polar surface area (TPSA) is 194 Å². The van der Waals surface area contributed by atoms with E-state index in [0.29, 0.717) is 71.1 Å². The van der Waals surface area contributed by atoms with Gasteiger partial charge in [-0.1, -0.05) is 59.0 Å². The van der Waals surface area contributed by atoms with E-state index in [9.17, 15) is 24.0 Å². The number of nitrogens with one attached hydrogen (secondary N) is 3. The van der Waals surface area contributed by atoms with E-state index in [4.69, 9.17) is 14.2 Å². The van der Waals surface area contributed by atoms with Crippen molar-refractivity contribution in [2.24, 2.45) is 11.8 Å². The average Bonchev–Trinajstić information content (AvgIpc) is 3.88. The van der Waals surface area contributed by atoms with Crippen LogP contribution in [0.5, 0.6) is 11.5 Å². The Hall–Kier alpha value is -7.33. The maximum absolute atomic E-state index is 13.7. The lowest BCUT2D eigenvalue weighted by molar-refractivity contribution is 0.0799. The highest BCUT2D eigenvalue weighted by atomic mass is 16.6.